The van der Waals surface area contributed by atoms with Gasteiger partial charge < -0.3 is 5.11 Å². The van der Waals surface area contributed by atoms with Crippen LogP contribution in [0, 0.1) is 11.3 Å². The Morgan fingerprint density at radius 3 is 2.47 bits per heavy atom. The Bertz CT molecular complexity index is 381. The van der Waals surface area contributed by atoms with Gasteiger partial charge in [0.05, 0.1) is 17.2 Å². The van der Waals surface area contributed by atoms with Crippen molar-refractivity contribution in [3.8, 4) is 6.07 Å². The molecule has 1 aliphatic rings. The van der Waals surface area contributed by atoms with Gasteiger partial charge in [-0.05, 0) is 24.6 Å². The molecular weight excluding hydrogens is 188 g/mol. The van der Waals surface area contributed by atoms with Crippen LogP contribution in [0.1, 0.15) is 18.1 Å². The smallest absolute Gasteiger partial charge is 0.0991 e. The van der Waals surface area contributed by atoms with Crippen molar-refractivity contribution in [2.24, 2.45) is 0 Å². The van der Waals surface area contributed by atoms with Crippen molar-refractivity contribution in [3.63, 3.8) is 0 Å². The van der Waals surface area contributed by atoms with Crippen LogP contribution in [-0.2, 0) is 6.54 Å². The molecule has 0 aliphatic carbocycles. The quantitative estimate of drug-likeness (QED) is 0.782. The number of β-amino-alcohol motifs (C(OH)–C–C–N with tert-alkyl or cyclic N) is 1. The van der Waals surface area contributed by atoms with Crippen LogP contribution in [0.5, 0.6) is 0 Å². The Hall–Kier alpha value is -1.37. The first-order valence-electron chi connectivity index (χ1n) is 5.03. The van der Waals surface area contributed by atoms with E-state index in [1.807, 2.05) is 31.2 Å². The lowest BCUT2D eigenvalue weighted by molar-refractivity contribution is -0.0871. The molecule has 3 nitrogen and oxygen atoms in total. The van der Waals surface area contributed by atoms with E-state index in [9.17, 15) is 5.11 Å². The molecule has 78 valence electrons. The van der Waals surface area contributed by atoms with Crippen molar-refractivity contribution in [1.29, 1.82) is 5.26 Å². The van der Waals surface area contributed by atoms with E-state index in [0.29, 0.717) is 5.56 Å². The summed E-state index contributed by atoms with van der Waals surface area (Å²) >= 11 is 0. The molecular formula is C12H14N2O. The lowest BCUT2D eigenvalue weighted by atomic mass is 9.96. The largest absolute Gasteiger partial charge is 0.388 e. The third kappa shape index (κ3) is 2.35. The van der Waals surface area contributed by atoms with Crippen LogP contribution in [-0.4, -0.2) is 28.7 Å². The minimum Gasteiger partial charge on any atom is -0.388 e. The molecule has 0 atom stereocenters. The molecule has 1 saturated heterocycles. The Balaban J connectivity index is 1.93. The normalized spacial score (nSPS) is 19.3. The van der Waals surface area contributed by atoms with Crippen LogP contribution in [0.25, 0.3) is 0 Å². The van der Waals surface area contributed by atoms with E-state index < -0.39 is 5.60 Å². The van der Waals surface area contributed by atoms with Gasteiger partial charge in [-0.3, -0.25) is 4.90 Å². The number of aliphatic hydroxyl groups is 1. The van der Waals surface area contributed by atoms with Crippen molar-refractivity contribution < 1.29 is 5.11 Å². The summed E-state index contributed by atoms with van der Waals surface area (Å²) in [6.45, 7) is 4.16. The highest BCUT2D eigenvalue weighted by Gasteiger charge is 2.35. The Morgan fingerprint density at radius 2 is 2.00 bits per heavy atom. The summed E-state index contributed by atoms with van der Waals surface area (Å²) in [6.07, 6.45) is 0. The summed E-state index contributed by atoms with van der Waals surface area (Å²) in [5.74, 6) is 0. The number of nitrogens with zero attached hydrogens (tertiary/aromatic N) is 2. The van der Waals surface area contributed by atoms with Gasteiger partial charge in [0, 0.05) is 19.6 Å². The maximum absolute atomic E-state index is 9.56. The highest BCUT2D eigenvalue weighted by molar-refractivity contribution is 5.31. The standard InChI is InChI=1S/C12H14N2O/c1-12(15)8-14(9-12)7-11-4-2-10(6-13)3-5-11/h2-5,15H,7-9H2,1H3. The van der Waals surface area contributed by atoms with E-state index in [4.69, 9.17) is 5.26 Å². The number of nitriles is 1. The van der Waals surface area contributed by atoms with Crippen LogP contribution in [0.4, 0.5) is 0 Å². The van der Waals surface area contributed by atoms with E-state index in [0.717, 1.165) is 19.6 Å². The molecule has 3 heteroatoms. The summed E-state index contributed by atoms with van der Waals surface area (Å²) in [7, 11) is 0. The molecule has 0 bridgehead atoms. The second kappa shape index (κ2) is 3.65. The first kappa shape index (κ1) is 10.2. The summed E-state index contributed by atoms with van der Waals surface area (Å²) in [5, 5.41) is 18.2. The van der Waals surface area contributed by atoms with Gasteiger partial charge in [-0.2, -0.15) is 5.26 Å². The molecule has 1 heterocycles. The highest BCUT2D eigenvalue weighted by atomic mass is 16.3. The average molecular weight is 202 g/mol. The van der Waals surface area contributed by atoms with Gasteiger partial charge in [0.25, 0.3) is 0 Å². The van der Waals surface area contributed by atoms with Crippen molar-refractivity contribution in [1.82, 2.24) is 4.90 Å². The number of rotatable bonds is 2. The molecule has 1 aliphatic heterocycles. The maximum atomic E-state index is 9.56. The number of benzene rings is 1. The third-order valence-electron chi connectivity index (χ3n) is 2.62. The van der Waals surface area contributed by atoms with E-state index >= 15 is 0 Å². The topological polar surface area (TPSA) is 47.3 Å². The van der Waals surface area contributed by atoms with Gasteiger partial charge in [0.15, 0.2) is 0 Å². The summed E-state index contributed by atoms with van der Waals surface area (Å²) < 4.78 is 0. The van der Waals surface area contributed by atoms with Gasteiger partial charge in [0.2, 0.25) is 0 Å². The summed E-state index contributed by atoms with van der Waals surface area (Å²) in [5.41, 5.74) is 1.37. The van der Waals surface area contributed by atoms with Crippen molar-refractivity contribution in [2.45, 2.75) is 19.1 Å². The Morgan fingerprint density at radius 1 is 1.40 bits per heavy atom. The lowest BCUT2D eigenvalue weighted by Gasteiger charge is -2.44. The van der Waals surface area contributed by atoms with Crippen molar-refractivity contribution in [2.75, 3.05) is 13.1 Å². The zero-order valence-corrected chi connectivity index (χ0v) is 8.77. The second-order valence-corrected chi connectivity index (χ2v) is 4.45. The maximum Gasteiger partial charge on any atom is 0.0991 e. The highest BCUT2D eigenvalue weighted by Crippen LogP contribution is 2.21. The molecule has 1 aromatic rings. The zero-order valence-electron chi connectivity index (χ0n) is 8.77. The number of likely N-dealkylation sites (tertiary alicyclic amines) is 1. The predicted molar refractivity (Wildman–Crippen MR) is 57.1 cm³/mol. The van der Waals surface area contributed by atoms with Crippen LogP contribution >= 0.6 is 0 Å². The van der Waals surface area contributed by atoms with E-state index in [1.54, 1.807) is 0 Å². The Labute approximate surface area is 89.6 Å². The molecule has 1 aromatic carbocycles. The minimum absolute atomic E-state index is 0.507. The first-order chi connectivity index (χ1) is 7.09. The fraction of sp³-hybridized carbons (Fsp3) is 0.417. The first-order valence-corrected chi connectivity index (χ1v) is 5.03. The fourth-order valence-electron chi connectivity index (χ4n) is 1.97. The van der Waals surface area contributed by atoms with Gasteiger partial charge in [-0.1, -0.05) is 12.1 Å². The molecule has 0 aromatic heterocycles. The van der Waals surface area contributed by atoms with Crippen molar-refractivity contribution in [3.05, 3.63) is 35.4 Å². The predicted octanol–water partition coefficient (Wildman–Crippen LogP) is 1.12. The molecule has 0 radical (unpaired) electrons. The lowest BCUT2D eigenvalue weighted by Crippen LogP contribution is -2.59. The number of hydrogen-bond donors (Lipinski definition) is 1. The van der Waals surface area contributed by atoms with E-state index in [-0.39, 0.29) is 0 Å². The molecule has 2 rings (SSSR count). The van der Waals surface area contributed by atoms with Crippen LogP contribution in [0.2, 0.25) is 0 Å². The molecule has 0 amide bonds. The molecule has 1 N–H and O–H groups in total. The van der Waals surface area contributed by atoms with Crippen LogP contribution < -0.4 is 0 Å². The molecule has 0 saturated carbocycles. The third-order valence-corrected chi connectivity index (χ3v) is 2.62. The average Bonchev–Trinajstić information content (AvgIpc) is 2.16. The van der Waals surface area contributed by atoms with Crippen LogP contribution in [0.15, 0.2) is 24.3 Å². The van der Waals surface area contributed by atoms with E-state index in [1.165, 1.54) is 5.56 Å². The van der Waals surface area contributed by atoms with E-state index in [2.05, 4.69) is 11.0 Å². The Kier molecular flexibility index (Phi) is 2.47. The van der Waals surface area contributed by atoms with Gasteiger partial charge in [-0.15, -0.1) is 0 Å². The monoisotopic (exact) mass is 202 g/mol. The fourth-order valence-corrected chi connectivity index (χ4v) is 1.97. The second-order valence-electron chi connectivity index (χ2n) is 4.45. The SMILES string of the molecule is CC1(O)CN(Cc2ccc(C#N)cc2)C1. The van der Waals surface area contributed by atoms with Gasteiger partial charge in [0.1, 0.15) is 0 Å². The summed E-state index contributed by atoms with van der Waals surface area (Å²) in [6, 6.07) is 9.68. The van der Waals surface area contributed by atoms with Crippen molar-refractivity contribution >= 4 is 0 Å². The summed E-state index contributed by atoms with van der Waals surface area (Å²) in [4.78, 5) is 2.18. The zero-order chi connectivity index (χ0) is 10.9. The molecule has 1 fully saturated rings. The van der Waals surface area contributed by atoms with Gasteiger partial charge >= 0.3 is 0 Å². The van der Waals surface area contributed by atoms with Crippen LogP contribution in [0.3, 0.4) is 0 Å². The van der Waals surface area contributed by atoms with Gasteiger partial charge in [-0.25, -0.2) is 0 Å². The number of hydrogen-bond acceptors (Lipinski definition) is 3. The molecule has 0 unspecified atom stereocenters. The molecule has 0 spiro atoms. The molecule has 15 heavy (non-hydrogen) atoms. The minimum atomic E-state index is -0.507.